The van der Waals surface area contributed by atoms with E-state index in [9.17, 15) is 14.4 Å². The van der Waals surface area contributed by atoms with Gasteiger partial charge in [0.05, 0.1) is 0 Å². The Balaban J connectivity index is 1.54. The van der Waals surface area contributed by atoms with E-state index in [-0.39, 0.29) is 11.8 Å². The van der Waals surface area contributed by atoms with E-state index in [1.165, 1.54) is 0 Å². The maximum Gasteiger partial charge on any atom is 0.248 e. The Morgan fingerprint density at radius 3 is 2.56 bits per heavy atom. The zero-order chi connectivity index (χ0) is 19.2. The second-order valence-electron chi connectivity index (χ2n) is 6.66. The quantitative estimate of drug-likeness (QED) is 0.824. The number of benzene rings is 2. The maximum atomic E-state index is 12.2. The lowest BCUT2D eigenvalue weighted by Crippen LogP contribution is -2.35. The molecule has 3 amide bonds. The Bertz CT molecular complexity index is 846. The molecule has 0 aromatic heterocycles. The predicted molar refractivity (Wildman–Crippen MR) is 105 cm³/mol. The second kappa shape index (κ2) is 8.49. The molecule has 3 N–H and O–H groups in total. The number of hydrogen-bond acceptors (Lipinski definition) is 3. The highest BCUT2D eigenvalue weighted by Crippen LogP contribution is 2.22. The first-order valence-corrected chi connectivity index (χ1v) is 9.12. The van der Waals surface area contributed by atoms with Crippen molar-refractivity contribution in [2.45, 2.75) is 32.1 Å². The third kappa shape index (κ3) is 4.94. The van der Waals surface area contributed by atoms with Crippen LogP contribution in [-0.2, 0) is 16.0 Å². The van der Waals surface area contributed by atoms with Gasteiger partial charge in [-0.1, -0.05) is 12.1 Å². The number of anilines is 2. The number of nitrogens with one attached hydrogen (secondary N) is 1. The fourth-order valence-corrected chi connectivity index (χ4v) is 3.17. The largest absolute Gasteiger partial charge is 0.366 e. The predicted octanol–water partition coefficient (Wildman–Crippen LogP) is 2.87. The number of hydrogen-bond donors (Lipinski definition) is 2. The molecule has 0 bridgehead atoms. The minimum Gasteiger partial charge on any atom is -0.366 e. The van der Waals surface area contributed by atoms with Crippen LogP contribution in [0.25, 0.3) is 0 Å². The fourth-order valence-electron chi connectivity index (χ4n) is 3.17. The number of nitrogens with zero attached hydrogens (tertiary/aromatic N) is 1. The van der Waals surface area contributed by atoms with Crippen molar-refractivity contribution in [1.82, 2.24) is 0 Å². The average molecular weight is 365 g/mol. The van der Waals surface area contributed by atoms with Gasteiger partial charge in [0, 0.05) is 36.3 Å². The highest BCUT2D eigenvalue weighted by atomic mass is 16.2. The molecule has 0 unspecified atom stereocenters. The molecule has 0 saturated carbocycles. The molecule has 1 saturated heterocycles. The molecule has 6 heteroatoms. The normalized spacial score (nSPS) is 14.1. The molecular formula is C21H23N3O3. The molecule has 140 valence electrons. The third-order valence-corrected chi connectivity index (χ3v) is 4.64. The Kier molecular flexibility index (Phi) is 5.86. The summed E-state index contributed by atoms with van der Waals surface area (Å²) in [4.78, 5) is 37.2. The highest BCUT2D eigenvalue weighted by Gasteiger charge is 2.19. The van der Waals surface area contributed by atoms with Crippen molar-refractivity contribution in [2.75, 3.05) is 16.8 Å². The molecule has 1 fully saturated rings. The first kappa shape index (κ1) is 18.6. The van der Waals surface area contributed by atoms with E-state index in [4.69, 9.17) is 5.73 Å². The first-order chi connectivity index (χ1) is 13.0. The summed E-state index contributed by atoms with van der Waals surface area (Å²) in [5.41, 5.74) is 8.16. The fraction of sp³-hybridized carbons (Fsp3) is 0.286. The molecule has 1 aliphatic heterocycles. The van der Waals surface area contributed by atoms with Crippen molar-refractivity contribution < 1.29 is 14.4 Å². The van der Waals surface area contributed by atoms with E-state index in [1.54, 1.807) is 23.1 Å². The molecular weight excluding hydrogens is 342 g/mol. The summed E-state index contributed by atoms with van der Waals surface area (Å²) in [7, 11) is 0. The summed E-state index contributed by atoms with van der Waals surface area (Å²) in [6.07, 6.45) is 3.38. The summed E-state index contributed by atoms with van der Waals surface area (Å²) < 4.78 is 0. The van der Waals surface area contributed by atoms with Gasteiger partial charge in [-0.2, -0.15) is 0 Å². The number of rotatable bonds is 6. The van der Waals surface area contributed by atoms with Gasteiger partial charge in [-0.25, -0.2) is 0 Å². The summed E-state index contributed by atoms with van der Waals surface area (Å²) >= 11 is 0. The number of carbonyl (C=O) groups excluding carboxylic acids is 3. The summed E-state index contributed by atoms with van der Waals surface area (Å²) in [6, 6.07) is 14.3. The average Bonchev–Trinajstić information content (AvgIpc) is 2.68. The molecule has 0 spiro atoms. The van der Waals surface area contributed by atoms with E-state index >= 15 is 0 Å². The molecule has 2 aromatic rings. The molecule has 3 rings (SSSR count). The van der Waals surface area contributed by atoms with Crippen LogP contribution in [0.3, 0.4) is 0 Å². The van der Waals surface area contributed by atoms with Crippen LogP contribution in [0, 0.1) is 0 Å². The minimum absolute atomic E-state index is 0.110. The number of nitrogens with two attached hydrogens (primary N) is 1. The standard InChI is InChI=1S/C21H23N3O3/c22-21(27)16-5-3-4-15(14-16)7-12-19(25)23-17-8-10-18(11-9-17)24-13-2-1-6-20(24)26/h3-5,8-11,14H,1-2,6-7,12-13H2,(H2,22,27)(H,23,25). The van der Waals surface area contributed by atoms with E-state index in [2.05, 4.69) is 5.32 Å². The van der Waals surface area contributed by atoms with Crippen LogP contribution in [0.1, 0.15) is 41.6 Å². The van der Waals surface area contributed by atoms with Crippen LogP contribution in [0.2, 0.25) is 0 Å². The van der Waals surface area contributed by atoms with Gasteiger partial charge in [0.15, 0.2) is 0 Å². The van der Waals surface area contributed by atoms with Crippen LogP contribution in [0.4, 0.5) is 11.4 Å². The van der Waals surface area contributed by atoms with Crippen molar-refractivity contribution in [3.8, 4) is 0 Å². The Labute approximate surface area is 158 Å². The van der Waals surface area contributed by atoms with Gasteiger partial charge >= 0.3 is 0 Å². The lowest BCUT2D eigenvalue weighted by atomic mass is 10.1. The van der Waals surface area contributed by atoms with Gasteiger partial charge in [0.1, 0.15) is 0 Å². The van der Waals surface area contributed by atoms with Gasteiger partial charge in [-0.3, -0.25) is 14.4 Å². The van der Waals surface area contributed by atoms with E-state index in [1.807, 2.05) is 30.3 Å². The monoisotopic (exact) mass is 365 g/mol. The molecule has 0 radical (unpaired) electrons. The SMILES string of the molecule is NC(=O)c1cccc(CCC(=O)Nc2ccc(N3CCCCC3=O)cc2)c1. The number of piperidine rings is 1. The summed E-state index contributed by atoms with van der Waals surface area (Å²) in [5, 5.41) is 2.86. The molecule has 27 heavy (non-hydrogen) atoms. The van der Waals surface area contributed by atoms with Gasteiger partial charge in [0.25, 0.3) is 0 Å². The van der Waals surface area contributed by atoms with Gasteiger partial charge in [-0.15, -0.1) is 0 Å². The van der Waals surface area contributed by atoms with Crippen molar-refractivity contribution >= 4 is 29.1 Å². The van der Waals surface area contributed by atoms with Crippen LogP contribution in [0.5, 0.6) is 0 Å². The molecule has 2 aromatic carbocycles. The Morgan fingerprint density at radius 1 is 1.07 bits per heavy atom. The summed E-state index contributed by atoms with van der Waals surface area (Å²) in [6.45, 7) is 0.745. The van der Waals surface area contributed by atoms with Crippen molar-refractivity contribution in [2.24, 2.45) is 5.73 Å². The Morgan fingerprint density at radius 2 is 1.85 bits per heavy atom. The van der Waals surface area contributed by atoms with Crippen molar-refractivity contribution in [3.63, 3.8) is 0 Å². The lowest BCUT2D eigenvalue weighted by Gasteiger charge is -2.26. The topological polar surface area (TPSA) is 92.5 Å². The van der Waals surface area contributed by atoms with Crippen LogP contribution in [0.15, 0.2) is 48.5 Å². The second-order valence-corrected chi connectivity index (χ2v) is 6.66. The smallest absolute Gasteiger partial charge is 0.248 e. The molecule has 0 aliphatic carbocycles. The van der Waals surface area contributed by atoms with E-state index in [0.29, 0.717) is 30.5 Å². The highest BCUT2D eigenvalue weighted by molar-refractivity contribution is 5.95. The van der Waals surface area contributed by atoms with Crippen molar-refractivity contribution in [1.29, 1.82) is 0 Å². The number of aryl methyl sites for hydroxylation is 1. The summed E-state index contributed by atoms with van der Waals surface area (Å²) in [5.74, 6) is -0.439. The zero-order valence-electron chi connectivity index (χ0n) is 15.1. The third-order valence-electron chi connectivity index (χ3n) is 4.64. The van der Waals surface area contributed by atoms with E-state index < -0.39 is 5.91 Å². The minimum atomic E-state index is -0.478. The number of amides is 3. The molecule has 1 heterocycles. The molecule has 1 aliphatic rings. The van der Waals surface area contributed by atoms with Crippen molar-refractivity contribution in [3.05, 3.63) is 59.7 Å². The van der Waals surface area contributed by atoms with Gasteiger partial charge in [0.2, 0.25) is 17.7 Å². The number of carbonyl (C=O) groups is 3. The maximum absolute atomic E-state index is 12.2. The van der Waals surface area contributed by atoms with Gasteiger partial charge in [-0.05, 0) is 61.2 Å². The van der Waals surface area contributed by atoms with Crippen LogP contribution >= 0.6 is 0 Å². The number of primary amides is 1. The lowest BCUT2D eigenvalue weighted by molar-refractivity contribution is -0.119. The molecule has 6 nitrogen and oxygen atoms in total. The van der Waals surface area contributed by atoms with Crippen LogP contribution < -0.4 is 16.0 Å². The Hall–Kier alpha value is -3.15. The van der Waals surface area contributed by atoms with E-state index in [0.717, 1.165) is 30.6 Å². The van der Waals surface area contributed by atoms with Crippen LogP contribution in [-0.4, -0.2) is 24.3 Å². The first-order valence-electron chi connectivity index (χ1n) is 9.12. The zero-order valence-corrected chi connectivity index (χ0v) is 15.1. The van der Waals surface area contributed by atoms with Gasteiger partial charge < -0.3 is 16.0 Å². The molecule has 0 atom stereocenters.